The maximum Gasteiger partial charge on any atom is 0.222 e. The number of guanidine groups is 1. The third-order valence-corrected chi connectivity index (χ3v) is 5.14. The summed E-state index contributed by atoms with van der Waals surface area (Å²) in [7, 11) is 2.19. The van der Waals surface area contributed by atoms with Crippen LogP contribution in [0.4, 0.5) is 0 Å². The minimum absolute atomic E-state index is 0.309. The van der Waals surface area contributed by atoms with Crippen molar-refractivity contribution in [3.8, 4) is 0 Å². The van der Waals surface area contributed by atoms with Crippen molar-refractivity contribution in [1.82, 2.24) is 25.3 Å². The molecular formula is C19H38N6O. The summed E-state index contributed by atoms with van der Waals surface area (Å²) in [6.07, 6.45) is 2.71. The minimum atomic E-state index is 0.309. The molecule has 0 spiro atoms. The number of carbonyl (C=O) groups is 1. The van der Waals surface area contributed by atoms with Crippen molar-refractivity contribution in [3.05, 3.63) is 0 Å². The van der Waals surface area contributed by atoms with Gasteiger partial charge in [-0.2, -0.15) is 0 Å². The number of rotatable bonds is 9. The maximum absolute atomic E-state index is 11.6. The average Bonchev–Trinajstić information content (AvgIpc) is 3.03. The van der Waals surface area contributed by atoms with E-state index in [1.807, 2.05) is 4.90 Å². The van der Waals surface area contributed by atoms with Crippen molar-refractivity contribution >= 4 is 11.9 Å². The van der Waals surface area contributed by atoms with E-state index in [0.717, 1.165) is 77.6 Å². The molecule has 7 heteroatoms. The fourth-order valence-electron chi connectivity index (χ4n) is 3.53. The molecule has 2 aliphatic rings. The monoisotopic (exact) mass is 366 g/mol. The van der Waals surface area contributed by atoms with E-state index in [9.17, 15) is 4.79 Å². The molecule has 2 aliphatic heterocycles. The van der Waals surface area contributed by atoms with E-state index in [1.165, 1.54) is 13.1 Å². The van der Waals surface area contributed by atoms with Gasteiger partial charge in [-0.3, -0.25) is 9.79 Å². The number of likely N-dealkylation sites (N-methyl/N-ethyl adjacent to an activating group) is 1. The molecule has 1 unspecified atom stereocenters. The number of carbonyl (C=O) groups excluding carboxylic acids is 1. The van der Waals surface area contributed by atoms with Gasteiger partial charge < -0.3 is 25.3 Å². The molecule has 150 valence electrons. The van der Waals surface area contributed by atoms with Crippen LogP contribution in [0.15, 0.2) is 4.99 Å². The molecule has 2 N–H and O–H groups in total. The van der Waals surface area contributed by atoms with Crippen LogP contribution in [0.3, 0.4) is 0 Å². The van der Waals surface area contributed by atoms with Crippen molar-refractivity contribution in [2.45, 2.75) is 33.1 Å². The molecule has 0 saturated carbocycles. The van der Waals surface area contributed by atoms with E-state index >= 15 is 0 Å². The van der Waals surface area contributed by atoms with Crippen LogP contribution in [-0.2, 0) is 4.79 Å². The van der Waals surface area contributed by atoms with Crippen LogP contribution in [0.2, 0.25) is 0 Å². The van der Waals surface area contributed by atoms with Gasteiger partial charge in [-0.25, -0.2) is 0 Å². The minimum Gasteiger partial charge on any atom is -0.357 e. The molecule has 0 aliphatic carbocycles. The number of nitrogens with zero attached hydrogens (tertiary/aromatic N) is 4. The van der Waals surface area contributed by atoms with Crippen LogP contribution in [-0.4, -0.2) is 99.1 Å². The van der Waals surface area contributed by atoms with E-state index < -0.39 is 0 Å². The number of aliphatic imine (C=N–C) groups is 1. The van der Waals surface area contributed by atoms with Crippen LogP contribution < -0.4 is 10.6 Å². The Morgan fingerprint density at radius 2 is 1.96 bits per heavy atom. The van der Waals surface area contributed by atoms with Crippen LogP contribution >= 0.6 is 0 Å². The van der Waals surface area contributed by atoms with E-state index in [0.29, 0.717) is 11.8 Å². The highest BCUT2D eigenvalue weighted by molar-refractivity contribution is 5.79. The van der Waals surface area contributed by atoms with Gasteiger partial charge in [-0.15, -0.1) is 0 Å². The fraction of sp³-hybridized carbons (Fsp3) is 0.895. The number of nitrogens with one attached hydrogen (secondary N) is 2. The Morgan fingerprint density at radius 1 is 1.19 bits per heavy atom. The average molecular weight is 367 g/mol. The highest BCUT2D eigenvalue weighted by Crippen LogP contribution is 2.09. The summed E-state index contributed by atoms with van der Waals surface area (Å²) in [6, 6.07) is 0. The first kappa shape index (κ1) is 21.0. The summed E-state index contributed by atoms with van der Waals surface area (Å²) in [5.74, 6) is 1.75. The first-order chi connectivity index (χ1) is 12.6. The van der Waals surface area contributed by atoms with Gasteiger partial charge in [0.2, 0.25) is 5.91 Å². The van der Waals surface area contributed by atoms with Gasteiger partial charge in [-0.05, 0) is 32.7 Å². The predicted molar refractivity (Wildman–Crippen MR) is 108 cm³/mol. The van der Waals surface area contributed by atoms with E-state index in [1.54, 1.807) is 0 Å². The SMILES string of the molecule is CCNC(=NCC(C)CN1CCN(C)CC1)NCCCN1CCCC1=O. The van der Waals surface area contributed by atoms with Gasteiger partial charge in [0.05, 0.1) is 0 Å². The molecule has 7 nitrogen and oxygen atoms in total. The topological polar surface area (TPSA) is 63.2 Å². The van der Waals surface area contributed by atoms with Gasteiger partial charge >= 0.3 is 0 Å². The molecule has 0 aromatic carbocycles. The molecule has 1 atom stereocenters. The highest BCUT2D eigenvalue weighted by atomic mass is 16.2. The van der Waals surface area contributed by atoms with Crippen LogP contribution in [0.25, 0.3) is 0 Å². The molecule has 0 bridgehead atoms. The standard InChI is InChI=1S/C19H38N6O/c1-4-20-19(21-8-6-10-25-9-5-7-18(25)26)22-15-17(2)16-24-13-11-23(3)12-14-24/h17H,4-16H2,1-3H3,(H2,20,21,22). The summed E-state index contributed by atoms with van der Waals surface area (Å²) in [6.45, 7) is 14.5. The molecule has 26 heavy (non-hydrogen) atoms. The molecule has 2 fully saturated rings. The summed E-state index contributed by atoms with van der Waals surface area (Å²) < 4.78 is 0. The summed E-state index contributed by atoms with van der Waals surface area (Å²) in [5.41, 5.74) is 0. The smallest absolute Gasteiger partial charge is 0.222 e. The van der Waals surface area contributed by atoms with Crippen LogP contribution in [0.5, 0.6) is 0 Å². The summed E-state index contributed by atoms with van der Waals surface area (Å²) >= 11 is 0. The first-order valence-corrected chi connectivity index (χ1v) is 10.3. The zero-order chi connectivity index (χ0) is 18.8. The lowest BCUT2D eigenvalue weighted by Crippen LogP contribution is -2.46. The Bertz CT molecular complexity index is 447. The second-order valence-corrected chi connectivity index (χ2v) is 7.69. The van der Waals surface area contributed by atoms with Crippen molar-refractivity contribution in [2.75, 3.05) is 72.5 Å². The lowest BCUT2D eigenvalue weighted by molar-refractivity contribution is -0.127. The Kier molecular flexibility index (Phi) is 9.18. The molecule has 2 heterocycles. The van der Waals surface area contributed by atoms with E-state index in [4.69, 9.17) is 4.99 Å². The zero-order valence-corrected chi connectivity index (χ0v) is 17.0. The van der Waals surface area contributed by atoms with Crippen molar-refractivity contribution in [3.63, 3.8) is 0 Å². The Labute approximate surface area is 159 Å². The van der Waals surface area contributed by atoms with Gasteiger partial charge in [0, 0.05) is 71.9 Å². The molecule has 2 rings (SSSR count). The Balaban J connectivity index is 1.65. The second-order valence-electron chi connectivity index (χ2n) is 7.69. The van der Waals surface area contributed by atoms with Crippen LogP contribution in [0.1, 0.15) is 33.1 Å². The van der Waals surface area contributed by atoms with Crippen molar-refractivity contribution < 1.29 is 4.79 Å². The van der Waals surface area contributed by atoms with E-state index in [2.05, 4.69) is 41.3 Å². The van der Waals surface area contributed by atoms with E-state index in [-0.39, 0.29) is 0 Å². The van der Waals surface area contributed by atoms with Crippen molar-refractivity contribution in [2.24, 2.45) is 10.9 Å². The number of amides is 1. The normalized spacial score (nSPS) is 21.3. The first-order valence-electron chi connectivity index (χ1n) is 10.3. The molecule has 2 saturated heterocycles. The van der Waals surface area contributed by atoms with Crippen LogP contribution in [0, 0.1) is 5.92 Å². The number of hydrogen-bond donors (Lipinski definition) is 2. The molecule has 0 aromatic heterocycles. The summed E-state index contributed by atoms with van der Waals surface area (Å²) in [4.78, 5) is 23.3. The Morgan fingerprint density at radius 3 is 2.62 bits per heavy atom. The lowest BCUT2D eigenvalue weighted by Gasteiger charge is -2.33. The summed E-state index contributed by atoms with van der Waals surface area (Å²) in [5, 5.41) is 6.73. The zero-order valence-electron chi connectivity index (χ0n) is 17.0. The number of likely N-dealkylation sites (tertiary alicyclic amines) is 1. The fourth-order valence-corrected chi connectivity index (χ4v) is 3.53. The quantitative estimate of drug-likeness (QED) is 0.352. The highest BCUT2D eigenvalue weighted by Gasteiger charge is 2.19. The largest absolute Gasteiger partial charge is 0.357 e. The number of hydrogen-bond acceptors (Lipinski definition) is 4. The Hall–Kier alpha value is -1.34. The number of piperazine rings is 1. The van der Waals surface area contributed by atoms with Gasteiger partial charge in [0.1, 0.15) is 0 Å². The second kappa shape index (κ2) is 11.4. The van der Waals surface area contributed by atoms with Crippen molar-refractivity contribution in [1.29, 1.82) is 0 Å². The van der Waals surface area contributed by atoms with Gasteiger partial charge in [-0.1, -0.05) is 6.92 Å². The molecule has 0 aromatic rings. The van der Waals surface area contributed by atoms with Gasteiger partial charge in [0.25, 0.3) is 0 Å². The molecule has 1 amide bonds. The molecule has 0 radical (unpaired) electrons. The predicted octanol–water partition coefficient (Wildman–Crippen LogP) is 0.438. The molecular weight excluding hydrogens is 328 g/mol. The van der Waals surface area contributed by atoms with Gasteiger partial charge in [0.15, 0.2) is 5.96 Å². The lowest BCUT2D eigenvalue weighted by atomic mass is 10.1. The maximum atomic E-state index is 11.6. The third kappa shape index (κ3) is 7.50. The third-order valence-electron chi connectivity index (χ3n) is 5.14.